The largest absolute Gasteiger partial charge is 0.480 e. The molecule has 1 aromatic heterocycles. The summed E-state index contributed by atoms with van der Waals surface area (Å²) in [6.45, 7) is 0.919. The Morgan fingerprint density at radius 2 is 1.91 bits per heavy atom. The molecule has 176 valence electrons. The Labute approximate surface area is 190 Å². The maximum Gasteiger partial charge on any atom is 0.326 e. The van der Waals surface area contributed by atoms with E-state index in [4.69, 9.17) is 14.5 Å². The molecule has 1 aliphatic carbocycles. The van der Waals surface area contributed by atoms with E-state index in [-0.39, 0.29) is 30.5 Å². The number of aliphatic carboxylic acids is 1. The topological polar surface area (TPSA) is 97.8 Å². The van der Waals surface area contributed by atoms with E-state index in [2.05, 4.69) is 17.4 Å². The molecule has 0 saturated carbocycles. The molecule has 1 aromatic rings. The quantitative estimate of drug-likeness (QED) is 0.509. The van der Waals surface area contributed by atoms with E-state index in [1.807, 2.05) is 0 Å². The molecule has 7 nitrogen and oxygen atoms in total. The summed E-state index contributed by atoms with van der Waals surface area (Å²) in [4.78, 5) is 29.0. The van der Waals surface area contributed by atoms with Gasteiger partial charge >= 0.3 is 5.97 Å². The van der Waals surface area contributed by atoms with Crippen molar-refractivity contribution in [1.82, 2.24) is 10.3 Å². The first-order valence-electron chi connectivity index (χ1n) is 12.3. The van der Waals surface area contributed by atoms with Gasteiger partial charge in [0, 0.05) is 36.9 Å². The van der Waals surface area contributed by atoms with Gasteiger partial charge in [-0.15, -0.1) is 0 Å². The molecular formula is C25H36N2O5. The smallest absolute Gasteiger partial charge is 0.326 e. The molecule has 0 spiro atoms. The van der Waals surface area contributed by atoms with Crippen LogP contribution in [0.15, 0.2) is 12.1 Å². The van der Waals surface area contributed by atoms with Crippen molar-refractivity contribution in [3.05, 3.63) is 29.1 Å². The summed E-state index contributed by atoms with van der Waals surface area (Å²) in [5, 5.41) is 12.2. The van der Waals surface area contributed by atoms with Crippen LogP contribution in [0.3, 0.4) is 0 Å². The molecule has 3 unspecified atom stereocenters. The molecule has 0 radical (unpaired) electrons. The first kappa shape index (κ1) is 23.2. The maximum atomic E-state index is 12.6. The van der Waals surface area contributed by atoms with Gasteiger partial charge in [-0.1, -0.05) is 6.07 Å². The summed E-state index contributed by atoms with van der Waals surface area (Å²) in [6.07, 6.45) is 11.6. The zero-order chi connectivity index (χ0) is 22.3. The van der Waals surface area contributed by atoms with Gasteiger partial charge in [-0.05, 0) is 82.3 Å². The predicted molar refractivity (Wildman–Crippen MR) is 119 cm³/mol. The highest BCUT2D eigenvalue weighted by molar-refractivity contribution is 5.85. The number of rotatable bonds is 11. The minimum atomic E-state index is -1.00. The molecule has 4 rings (SSSR count). The van der Waals surface area contributed by atoms with Crippen LogP contribution >= 0.6 is 0 Å². The number of nitrogens with zero attached hydrogens (tertiary/aromatic N) is 1. The van der Waals surface area contributed by atoms with Crippen LogP contribution in [0, 0.1) is 5.92 Å². The third kappa shape index (κ3) is 6.29. The van der Waals surface area contributed by atoms with Crippen molar-refractivity contribution in [3.8, 4) is 0 Å². The number of aryl methyl sites for hydroxylation is 3. The standard InChI is InChI=1S/C25H36N2O5/c28-24(18-15-20-10-11-21(16-18)32-20)27-23(25(29)30)12-14-31-13-4-3-6-19-9-8-17-5-1-2-7-22(17)26-19/h8-9,18,20-21,23H,1-7,10-16H2,(H,27,28)(H,29,30). The zero-order valence-corrected chi connectivity index (χ0v) is 18.9. The van der Waals surface area contributed by atoms with E-state index in [0.29, 0.717) is 26.1 Å². The number of nitrogens with one attached hydrogen (secondary N) is 1. The van der Waals surface area contributed by atoms with Crippen LogP contribution in [0.25, 0.3) is 0 Å². The average molecular weight is 445 g/mol. The Morgan fingerprint density at radius 1 is 1.12 bits per heavy atom. The second kappa shape index (κ2) is 11.2. The maximum absolute atomic E-state index is 12.6. The zero-order valence-electron chi connectivity index (χ0n) is 18.9. The van der Waals surface area contributed by atoms with Gasteiger partial charge < -0.3 is 19.9 Å². The summed E-state index contributed by atoms with van der Waals surface area (Å²) in [5.41, 5.74) is 3.84. The molecule has 3 aliphatic rings. The number of ether oxygens (including phenoxy) is 2. The molecular weight excluding hydrogens is 408 g/mol. The van der Waals surface area contributed by atoms with Crippen LogP contribution in [0.5, 0.6) is 0 Å². The van der Waals surface area contributed by atoms with Gasteiger partial charge in [-0.2, -0.15) is 0 Å². The molecule has 7 heteroatoms. The molecule has 3 heterocycles. The highest BCUT2D eigenvalue weighted by Gasteiger charge is 2.38. The molecule has 32 heavy (non-hydrogen) atoms. The number of fused-ring (bicyclic) bond motifs is 3. The second-order valence-electron chi connectivity index (χ2n) is 9.50. The fourth-order valence-corrected chi connectivity index (χ4v) is 5.20. The first-order chi connectivity index (χ1) is 15.6. The SMILES string of the molecule is O=C(NC(CCOCCCCc1ccc2c(n1)CCCC2)C(=O)O)C1CC2CCC(C1)O2. The highest BCUT2D eigenvalue weighted by Crippen LogP contribution is 2.35. The monoisotopic (exact) mass is 444 g/mol. The van der Waals surface area contributed by atoms with Crippen molar-refractivity contribution in [1.29, 1.82) is 0 Å². The van der Waals surface area contributed by atoms with Gasteiger partial charge in [0.15, 0.2) is 0 Å². The molecule has 1 amide bonds. The summed E-state index contributed by atoms with van der Waals surface area (Å²) < 4.78 is 11.4. The van der Waals surface area contributed by atoms with E-state index in [9.17, 15) is 14.7 Å². The molecule has 2 bridgehead atoms. The van der Waals surface area contributed by atoms with Gasteiger partial charge in [-0.25, -0.2) is 4.79 Å². The van der Waals surface area contributed by atoms with E-state index in [1.165, 1.54) is 24.1 Å². The summed E-state index contributed by atoms with van der Waals surface area (Å²) >= 11 is 0. The number of hydrogen-bond donors (Lipinski definition) is 2. The van der Waals surface area contributed by atoms with Gasteiger partial charge in [0.05, 0.1) is 12.2 Å². The van der Waals surface area contributed by atoms with Crippen LogP contribution in [0.4, 0.5) is 0 Å². The first-order valence-corrected chi connectivity index (χ1v) is 12.3. The number of carbonyl (C=O) groups excluding carboxylic acids is 1. The Kier molecular flexibility index (Phi) is 8.14. The van der Waals surface area contributed by atoms with Crippen LogP contribution in [0.2, 0.25) is 0 Å². The van der Waals surface area contributed by atoms with Gasteiger partial charge in [0.1, 0.15) is 6.04 Å². The lowest BCUT2D eigenvalue weighted by Gasteiger charge is -2.28. The van der Waals surface area contributed by atoms with Crippen LogP contribution in [-0.4, -0.2) is 53.4 Å². The van der Waals surface area contributed by atoms with E-state index in [0.717, 1.165) is 50.6 Å². The predicted octanol–water partition coefficient (Wildman–Crippen LogP) is 3.22. The highest BCUT2D eigenvalue weighted by atomic mass is 16.5. The average Bonchev–Trinajstić information content (AvgIpc) is 3.14. The van der Waals surface area contributed by atoms with Crippen molar-refractivity contribution in [2.24, 2.45) is 5.92 Å². The third-order valence-corrected chi connectivity index (χ3v) is 7.03. The molecule has 3 atom stereocenters. The number of pyridine rings is 1. The number of unbranched alkanes of at least 4 members (excludes halogenated alkanes) is 1. The van der Waals surface area contributed by atoms with Crippen LogP contribution in [-0.2, 0) is 38.3 Å². The normalized spacial score (nSPS) is 25.2. The molecule has 0 aromatic carbocycles. The summed E-state index contributed by atoms with van der Waals surface area (Å²) in [5.74, 6) is -1.30. The Morgan fingerprint density at radius 3 is 2.69 bits per heavy atom. The number of aromatic nitrogens is 1. The Bertz CT molecular complexity index is 787. The van der Waals surface area contributed by atoms with Gasteiger partial charge in [-0.3, -0.25) is 9.78 Å². The summed E-state index contributed by atoms with van der Waals surface area (Å²) in [7, 11) is 0. The number of carboxylic acid groups (broad SMARTS) is 1. The van der Waals surface area contributed by atoms with Crippen molar-refractivity contribution >= 4 is 11.9 Å². The van der Waals surface area contributed by atoms with Crippen molar-refractivity contribution < 1.29 is 24.2 Å². The molecule has 2 fully saturated rings. The molecule has 2 aliphatic heterocycles. The lowest BCUT2D eigenvalue weighted by atomic mass is 9.94. The van der Waals surface area contributed by atoms with Crippen LogP contribution < -0.4 is 5.32 Å². The lowest BCUT2D eigenvalue weighted by Crippen LogP contribution is -2.46. The Balaban J connectivity index is 1.10. The van der Waals surface area contributed by atoms with E-state index < -0.39 is 12.0 Å². The minimum absolute atomic E-state index is 0.138. The molecule has 2 N–H and O–H groups in total. The third-order valence-electron chi connectivity index (χ3n) is 7.03. The Hall–Kier alpha value is -1.99. The van der Waals surface area contributed by atoms with Crippen molar-refractivity contribution in [3.63, 3.8) is 0 Å². The number of carboxylic acids is 1. The van der Waals surface area contributed by atoms with Crippen LogP contribution in [0.1, 0.15) is 74.7 Å². The van der Waals surface area contributed by atoms with E-state index >= 15 is 0 Å². The van der Waals surface area contributed by atoms with E-state index in [1.54, 1.807) is 0 Å². The molecule has 2 saturated heterocycles. The summed E-state index contributed by atoms with van der Waals surface area (Å²) in [6, 6.07) is 3.48. The fourth-order valence-electron chi connectivity index (χ4n) is 5.20. The van der Waals surface area contributed by atoms with Gasteiger partial charge in [0.25, 0.3) is 0 Å². The van der Waals surface area contributed by atoms with Gasteiger partial charge in [0.2, 0.25) is 5.91 Å². The van der Waals surface area contributed by atoms with Crippen molar-refractivity contribution in [2.45, 2.75) is 95.3 Å². The fraction of sp³-hybridized carbons (Fsp3) is 0.720. The second-order valence-corrected chi connectivity index (χ2v) is 9.50. The lowest BCUT2D eigenvalue weighted by molar-refractivity contribution is -0.144. The van der Waals surface area contributed by atoms with Crippen molar-refractivity contribution in [2.75, 3.05) is 13.2 Å². The number of amides is 1. The number of hydrogen-bond acceptors (Lipinski definition) is 5. The number of carbonyl (C=O) groups is 2. The minimum Gasteiger partial charge on any atom is -0.480 e.